The predicted molar refractivity (Wildman–Crippen MR) is 111 cm³/mol. The lowest BCUT2D eigenvalue weighted by atomic mass is 10.0. The van der Waals surface area contributed by atoms with Crippen molar-refractivity contribution in [2.24, 2.45) is 0 Å². The van der Waals surface area contributed by atoms with Crippen LogP contribution in [0.4, 0.5) is 5.69 Å². The van der Waals surface area contributed by atoms with Crippen molar-refractivity contribution in [3.8, 4) is 16.9 Å². The van der Waals surface area contributed by atoms with E-state index < -0.39 is 0 Å². The van der Waals surface area contributed by atoms with Gasteiger partial charge in [-0.15, -0.1) is 10.2 Å². The van der Waals surface area contributed by atoms with Gasteiger partial charge in [-0.2, -0.15) is 5.10 Å². The molecule has 2 aromatic carbocycles. The number of nitrogens with one attached hydrogen (secondary N) is 1. The summed E-state index contributed by atoms with van der Waals surface area (Å²) in [5.74, 6) is 0.466. The van der Waals surface area contributed by atoms with E-state index in [9.17, 15) is 4.79 Å². The van der Waals surface area contributed by atoms with Gasteiger partial charge in [-0.25, -0.2) is 4.52 Å². The number of hydrogen-bond acceptors (Lipinski definition) is 5. The number of aryl methyl sites for hydroxylation is 2. The Labute approximate surface area is 168 Å². The van der Waals surface area contributed by atoms with Crippen LogP contribution >= 0.6 is 0 Å². The molecule has 1 amide bonds. The number of carbonyl (C=O) groups is 1. The largest absolute Gasteiger partial charge is 0.497 e. The second-order valence-electron chi connectivity index (χ2n) is 6.59. The Morgan fingerprint density at radius 3 is 2.45 bits per heavy atom. The first-order valence-electron chi connectivity index (χ1n) is 9.38. The van der Waals surface area contributed by atoms with Crippen molar-refractivity contribution in [1.82, 2.24) is 19.8 Å². The van der Waals surface area contributed by atoms with Gasteiger partial charge in [0.25, 0.3) is 5.91 Å². The fourth-order valence-electron chi connectivity index (χ4n) is 3.27. The summed E-state index contributed by atoms with van der Waals surface area (Å²) in [6.45, 7) is 3.87. The average molecular weight is 387 g/mol. The summed E-state index contributed by atoms with van der Waals surface area (Å²) in [6, 6.07) is 17.0. The fourth-order valence-corrected chi connectivity index (χ4v) is 3.27. The lowest BCUT2D eigenvalue weighted by molar-refractivity contribution is 0.102. The van der Waals surface area contributed by atoms with Gasteiger partial charge < -0.3 is 10.1 Å². The number of benzene rings is 2. The van der Waals surface area contributed by atoms with Gasteiger partial charge in [0.1, 0.15) is 5.75 Å². The van der Waals surface area contributed by atoms with Crippen LogP contribution in [-0.2, 0) is 6.42 Å². The number of nitrogens with zero attached hydrogens (tertiary/aromatic N) is 4. The van der Waals surface area contributed by atoms with Crippen LogP contribution in [0.2, 0.25) is 0 Å². The molecule has 0 atom stereocenters. The minimum Gasteiger partial charge on any atom is -0.497 e. The first kappa shape index (κ1) is 18.6. The minimum absolute atomic E-state index is 0.243. The molecule has 0 bridgehead atoms. The molecule has 0 radical (unpaired) electrons. The Hall–Kier alpha value is -3.74. The SMILES string of the molecule is CCc1nn2c(C)c(C(=O)Nc3ccccc3)nnc2c1-c1ccc(OC)cc1. The topological polar surface area (TPSA) is 81.4 Å². The number of methoxy groups -OCH3 is 1. The molecule has 0 spiro atoms. The number of para-hydroxylation sites is 1. The molecule has 1 N–H and O–H groups in total. The van der Waals surface area contributed by atoms with Gasteiger partial charge in [0.15, 0.2) is 11.3 Å². The first-order chi connectivity index (χ1) is 14.1. The van der Waals surface area contributed by atoms with Gasteiger partial charge in [-0.1, -0.05) is 37.3 Å². The quantitative estimate of drug-likeness (QED) is 0.561. The van der Waals surface area contributed by atoms with Crippen molar-refractivity contribution in [3.05, 3.63) is 71.7 Å². The summed E-state index contributed by atoms with van der Waals surface area (Å²) in [4.78, 5) is 12.7. The number of anilines is 1. The highest BCUT2D eigenvalue weighted by Crippen LogP contribution is 2.30. The number of carbonyl (C=O) groups excluding carboxylic acids is 1. The molecule has 0 aliphatic rings. The smallest absolute Gasteiger partial charge is 0.278 e. The number of amides is 1. The van der Waals surface area contributed by atoms with E-state index in [0.29, 0.717) is 17.0 Å². The summed E-state index contributed by atoms with van der Waals surface area (Å²) >= 11 is 0. The van der Waals surface area contributed by atoms with E-state index in [1.807, 2.05) is 68.4 Å². The van der Waals surface area contributed by atoms with E-state index in [4.69, 9.17) is 9.84 Å². The van der Waals surface area contributed by atoms with E-state index in [0.717, 1.165) is 29.0 Å². The Balaban J connectivity index is 1.78. The molecular formula is C22H21N5O2. The third kappa shape index (κ3) is 3.42. The molecule has 7 heteroatoms. The zero-order chi connectivity index (χ0) is 20.4. The molecule has 4 aromatic rings. The van der Waals surface area contributed by atoms with Crippen LogP contribution in [-0.4, -0.2) is 32.8 Å². The number of fused-ring (bicyclic) bond motifs is 1. The maximum Gasteiger partial charge on any atom is 0.278 e. The van der Waals surface area contributed by atoms with Gasteiger partial charge in [0, 0.05) is 5.69 Å². The van der Waals surface area contributed by atoms with Crippen molar-refractivity contribution < 1.29 is 9.53 Å². The number of hydrogen-bond donors (Lipinski definition) is 1. The first-order valence-corrected chi connectivity index (χ1v) is 9.38. The maximum atomic E-state index is 12.7. The summed E-state index contributed by atoms with van der Waals surface area (Å²) in [5.41, 5.74) is 5.00. The zero-order valence-electron chi connectivity index (χ0n) is 16.5. The van der Waals surface area contributed by atoms with Gasteiger partial charge in [-0.3, -0.25) is 4.79 Å². The number of ether oxygens (including phenoxy) is 1. The van der Waals surface area contributed by atoms with E-state index >= 15 is 0 Å². The summed E-state index contributed by atoms with van der Waals surface area (Å²) in [5, 5.41) is 16.1. The normalized spacial score (nSPS) is 10.9. The van der Waals surface area contributed by atoms with Crippen LogP contribution in [0.15, 0.2) is 54.6 Å². The molecule has 4 rings (SSSR count). The second kappa shape index (κ2) is 7.71. The van der Waals surface area contributed by atoms with Crippen molar-refractivity contribution in [3.63, 3.8) is 0 Å². The standard InChI is InChI=1S/C22H21N5O2/c1-4-18-19(15-10-12-17(29-3)13-11-15)21-25-24-20(14(2)27(21)26-18)22(28)23-16-8-6-5-7-9-16/h5-13H,4H2,1-3H3,(H,23,28). The molecule has 0 unspecified atom stereocenters. The Kier molecular flexibility index (Phi) is 4.95. The van der Waals surface area contributed by atoms with Gasteiger partial charge in [-0.05, 0) is 43.2 Å². The second-order valence-corrected chi connectivity index (χ2v) is 6.59. The van der Waals surface area contributed by atoms with Crippen LogP contribution in [0.1, 0.15) is 28.8 Å². The molecule has 0 fully saturated rings. The molecule has 2 aromatic heterocycles. The number of aromatic nitrogens is 4. The highest BCUT2D eigenvalue weighted by Gasteiger charge is 2.21. The Morgan fingerprint density at radius 1 is 1.07 bits per heavy atom. The van der Waals surface area contributed by atoms with Crippen LogP contribution in [0, 0.1) is 6.92 Å². The maximum absolute atomic E-state index is 12.7. The highest BCUT2D eigenvalue weighted by atomic mass is 16.5. The zero-order valence-corrected chi connectivity index (χ0v) is 16.5. The summed E-state index contributed by atoms with van der Waals surface area (Å²) in [7, 11) is 1.64. The molecule has 0 saturated heterocycles. The van der Waals surface area contributed by atoms with Crippen molar-refractivity contribution in [2.75, 3.05) is 12.4 Å². The number of rotatable bonds is 5. The monoisotopic (exact) mass is 387 g/mol. The Bertz CT molecular complexity index is 1170. The Morgan fingerprint density at radius 2 is 1.79 bits per heavy atom. The molecule has 0 aliphatic heterocycles. The minimum atomic E-state index is -0.317. The van der Waals surface area contributed by atoms with E-state index in [1.54, 1.807) is 11.6 Å². The van der Waals surface area contributed by atoms with Gasteiger partial charge >= 0.3 is 0 Å². The highest BCUT2D eigenvalue weighted by molar-refractivity contribution is 6.03. The average Bonchev–Trinajstić information content (AvgIpc) is 3.14. The summed E-state index contributed by atoms with van der Waals surface area (Å²) in [6.07, 6.45) is 0.732. The van der Waals surface area contributed by atoms with Crippen LogP contribution in [0.5, 0.6) is 5.75 Å². The van der Waals surface area contributed by atoms with E-state index in [2.05, 4.69) is 15.5 Å². The van der Waals surface area contributed by atoms with E-state index in [1.165, 1.54) is 0 Å². The molecular weight excluding hydrogens is 366 g/mol. The molecule has 2 heterocycles. The van der Waals surface area contributed by atoms with Gasteiger partial charge in [0.05, 0.1) is 24.1 Å². The molecule has 0 saturated carbocycles. The predicted octanol–water partition coefficient (Wildman–Crippen LogP) is 3.92. The van der Waals surface area contributed by atoms with Gasteiger partial charge in [0.2, 0.25) is 0 Å². The lowest BCUT2D eigenvalue weighted by Crippen LogP contribution is -2.18. The third-order valence-corrected chi connectivity index (χ3v) is 4.80. The van der Waals surface area contributed by atoms with E-state index in [-0.39, 0.29) is 11.6 Å². The molecule has 146 valence electrons. The molecule has 7 nitrogen and oxygen atoms in total. The molecule has 29 heavy (non-hydrogen) atoms. The van der Waals surface area contributed by atoms with Crippen LogP contribution in [0.3, 0.4) is 0 Å². The van der Waals surface area contributed by atoms with Crippen molar-refractivity contribution in [1.29, 1.82) is 0 Å². The fraction of sp³-hybridized carbons (Fsp3) is 0.182. The van der Waals surface area contributed by atoms with Crippen LogP contribution in [0.25, 0.3) is 16.8 Å². The lowest BCUT2D eigenvalue weighted by Gasteiger charge is -2.08. The summed E-state index contributed by atoms with van der Waals surface area (Å²) < 4.78 is 6.95. The van der Waals surface area contributed by atoms with Crippen LogP contribution < -0.4 is 10.1 Å². The third-order valence-electron chi connectivity index (χ3n) is 4.80. The van der Waals surface area contributed by atoms with Crippen molar-refractivity contribution in [2.45, 2.75) is 20.3 Å². The van der Waals surface area contributed by atoms with Crippen molar-refractivity contribution >= 4 is 17.2 Å². The molecule has 0 aliphatic carbocycles.